The number of aliphatic carboxylic acids is 1. The quantitative estimate of drug-likeness (QED) is 0.717. The Bertz CT molecular complexity index is 422. The van der Waals surface area contributed by atoms with Crippen molar-refractivity contribution in [2.75, 3.05) is 13.2 Å². The highest BCUT2D eigenvalue weighted by Crippen LogP contribution is 2.12. The zero-order valence-electron chi connectivity index (χ0n) is 9.69. The van der Waals surface area contributed by atoms with Gasteiger partial charge in [0.15, 0.2) is 0 Å². The van der Waals surface area contributed by atoms with Gasteiger partial charge in [-0.1, -0.05) is 6.07 Å². The van der Waals surface area contributed by atoms with Crippen LogP contribution in [0.15, 0.2) is 24.3 Å². The molecule has 0 bridgehead atoms. The number of nitrogens with one attached hydrogen (secondary N) is 1. The fourth-order valence-electron chi connectivity index (χ4n) is 1.24. The van der Waals surface area contributed by atoms with Crippen LogP contribution in [0.2, 0.25) is 0 Å². The summed E-state index contributed by atoms with van der Waals surface area (Å²) in [5, 5.41) is 10.6. The summed E-state index contributed by atoms with van der Waals surface area (Å²) in [4.78, 5) is 21.3. The molecule has 0 aliphatic carbocycles. The van der Waals surface area contributed by atoms with Gasteiger partial charge >= 0.3 is 5.97 Å². The Morgan fingerprint density at radius 3 is 2.83 bits per heavy atom. The minimum Gasteiger partial charge on any atom is -0.493 e. The molecular formula is C12H14FNO4. The zero-order chi connectivity index (χ0) is 13.4. The number of hydrogen-bond donors (Lipinski definition) is 2. The van der Waals surface area contributed by atoms with Gasteiger partial charge < -0.3 is 15.2 Å². The molecule has 1 amide bonds. The zero-order valence-corrected chi connectivity index (χ0v) is 9.69. The minimum absolute atomic E-state index is 0.169. The second-order valence-corrected chi connectivity index (χ2v) is 3.58. The molecule has 98 valence electrons. The lowest BCUT2D eigenvalue weighted by atomic mass is 10.3. The Balaban J connectivity index is 2.15. The van der Waals surface area contributed by atoms with Crippen LogP contribution in [0.25, 0.3) is 0 Å². The van der Waals surface area contributed by atoms with Gasteiger partial charge in [-0.15, -0.1) is 0 Å². The van der Waals surface area contributed by atoms with Crippen molar-refractivity contribution in [1.29, 1.82) is 0 Å². The number of halogens is 1. The first-order chi connectivity index (χ1) is 8.58. The molecule has 1 rings (SSSR count). The molecule has 0 unspecified atom stereocenters. The van der Waals surface area contributed by atoms with Crippen molar-refractivity contribution in [1.82, 2.24) is 5.32 Å². The van der Waals surface area contributed by atoms with Crippen molar-refractivity contribution in [3.63, 3.8) is 0 Å². The number of amides is 1. The fraction of sp³-hybridized carbons (Fsp3) is 0.333. The highest BCUT2D eigenvalue weighted by Gasteiger charge is 2.03. The third-order valence-electron chi connectivity index (χ3n) is 2.05. The molecule has 0 saturated heterocycles. The van der Waals surface area contributed by atoms with E-state index >= 15 is 0 Å². The summed E-state index contributed by atoms with van der Waals surface area (Å²) in [5.74, 6) is -1.41. The molecule has 0 fully saturated rings. The number of carbonyl (C=O) groups excluding carboxylic acids is 1. The molecule has 0 heterocycles. The smallest absolute Gasteiger partial charge is 0.322 e. The normalized spacial score (nSPS) is 9.83. The van der Waals surface area contributed by atoms with E-state index in [9.17, 15) is 14.0 Å². The van der Waals surface area contributed by atoms with E-state index in [1.54, 1.807) is 6.07 Å². The second-order valence-electron chi connectivity index (χ2n) is 3.58. The maximum absolute atomic E-state index is 12.8. The second kappa shape index (κ2) is 7.26. The van der Waals surface area contributed by atoms with Crippen LogP contribution in [0.3, 0.4) is 0 Å². The summed E-state index contributed by atoms with van der Waals surface area (Å²) in [6.45, 7) is -0.118. The molecule has 0 saturated carbocycles. The third kappa shape index (κ3) is 5.83. The Morgan fingerprint density at radius 1 is 1.39 bits per heavy atom. The first-order valence-corrected chi connectivity index (χ1v) is 5.45. The van der Waals surface area contributed by atoms with E-state index < -0.39 is 5.97 Å². The lowest BCUT2D eigenvalue weighted by molar-refractivity contribution is -0.137. The van der Waals surface area contributed by atoms with Crippen LogP contribution >= 0.6 is 0 Å². The van der Waals surface area contributed by atoms with Gasteiger partial charge in [0.05, 0.1) is 6.61 Å². The molecule has 1 aromatic carbocycles. The number of hydrogen-bond acceptors (Lipinski definition) is 3. The SMILES string of the molecule is O=C(O)CNC(=O)CCCOc1cccc(F)c1. The van der Waals surface area contributed by atoms with Gasteiger partial charge in [-0.3, -0.25) is 9.59 Å². The minimum atomic E-state index is -1.08. The Hall–Kier alpha value is -2.11. The predicted octanol–water partition coefficient (Wildman–Crippen LogP) is 1.19. The number of ether oxygens (including phenoxy) is 1. The van der Waals surface area contributed by atoms with Crippen LogP contribution in [0.4, 0.5) is 4.39 Å². The van der Waals surface area contributed by atoms with Crippen molar-refractivity contribution in [2.24, 2.45) is 0 Å². The van der Waals surface area contributed by atoms with E-state index in [1.165, 1.54) is 18.2 Å². The Morgan fingerprint density at radius 2 is 2.17 bits per heavy atom. The van der Waals surface area contributed by atoms with Crippen molar-refractivity contribution in [3.05, 3.63) is 30.1 Å². The van der Waals surface area contributed by atoms with Gasteiger partial charge in [0.1, 0.15) is 18.1 Å². The average Bonchev–Trinajstić information content (AvgIpc) is 2.32. The van der Waals surface area contributed by atoms with E-state index in [0.29, 0.717) is 12.2 Å². The lowest BCUT2D eigenvalue weighted by Gasteiger charge is -2.06. The molecule has 0 aliphatic heterocycles. The number of carboxylic acids is 1. The molecule has 0 radical (unpaired) electrons. The largest absolute Gasteiger partial charge is 0.493 e. The van der Waals surface area contributed by atoms with Gasteiger partial charge in [-0.05, 0) is 18.6 Å². The fourth-order valence-corrected chi connectivity index (χ4v) is 1.24. The Kier molecular flexibility index (Phi) is 5.63. The van der Waals surface area contributed by atoms with Crippen LogP contribution in [0.5, 0.6) is 5.75 Å². The highest BCUT2D eigenvalue weighted by molar-refractivity contribution is 5.80. The van der Waals surface area contributed by atoms with E-state index in [-0.39, 0.29) is 31.3 Å². The van der Waals surface area contributed by atoms with Gasteiger partial charge in [0.2, 0.25) is 5.91 Å². The molecule has 18 heavy (non-hydrogen) atoms. The molecule has 0 spiro atoms. The summed E-state index contributed by atoms with van der Waals surface area (Å²) in [7, 11) is 0. The molecular weight excluding hydrogens is 241 g/mol. The molecule has 0 aromatic heterocycles. The highest BCUT2D eigenvalue weighted by atomic mass is 19.1. The standard InChI is InChI=1S/C12H14FNO4/c13-9-3-1-4-10(7-9)18-6-2-5-11(15)14-8-12(16)17/h1,3-4,7H,2,5-6,8H2,(H,14,15)(H,16,17). The third-order valence-corrected chi connectivity index (χ3v) is 2.05. The van der Waals surface area contributed by atoms with Crippen molar-refractivity contribution in [3.8, 4) is 5.75 Å². The number of benzene rings is 1. The van der Waals surface area contributed by atoms with Crippen LogP contribution in [0, 0.1) is 5.82 Å². The van der Waals surface area contributed by atoms with E-state index in [2.05, 4.69) is 5.32 Å². The van der Waals surface area contributed by atoms with E-state index in [1.807, 2.05) is 0 Å². The first kappa shape index (κ1) is 14.0. The number of carboxylic acid groups (broad SMARTS) is 1. The molecule has 0 aliphatic rings. The van der Waals surface area contributed by atoms with Crippen LogP contribution in [0.1, 0.15) is 12.8 Å². The van der Waals surface area contributed by atoms with Crippen molar-refractivity contribution >= 4 is 11.9 Å². The summed E-state index contributed by atoms with van der Waals surface area (Å²) in [6.07, 6.45) is 0.602. The predicted molar refractivity (Wildman–Crippen MR) is 61.8 cm³/mol. The summed E-state index contributed by atoms with van der Waals surface area (Å²) < 4.78 is 18.0. The summed E-state index contributed by atoms with van der Waals surface area (Å²) >= 11 is 0. The van der Waals surface area contributed by atoms with Crippen LogP contribution in [-0.2, 0) is 9.59 Å². The van der Waals surface area contributed by atoms with Crippen LogP contribution in [-0.4, -0.2) is 30.1 Å². The summed E-state index contributed by atoms with van der Waals surface area (Å²) in [6, 6.07) is 5.72. The maximum atomic E-state index is 12.8. The summed E-state index contributed by atoms with van der Waals surface area (Å²) in [5.41, 5.74) is 0. The van der Waals surface area contributed by atoms with Crippen molar-refractivity contribution < 1.29 is 23.8 Å². The maximum Gasteiger partial charge on any atom is 0.322 e. The lowest BCUT2D eigenvalue weighted by Crippen LogP contribution is -2.29. The topological polar surface area (TPSA) is 75.6 Å². The molecule has 1 aromatic rings. The van der Waals surface area contributed by atoms with Gasteiger partial charge in [0, 0.05) is 12.5 Å². The first-order valence-electron chi connectivity index (χ1n) is 5.45. The monoisotopic (exact) mass is 255 g/mol. The van der Waals surface area contributed by atoms with E-state index in [0.717, 1.165) is 0 Å². The molecule has 0 atom stereocenters. The van der Waals surface area contributed by atoms with E-state index in [4.69, 9.17) is 9.84 Å². The average molecular weight is 255 g/mol. The van der Waals surface area contributed by atoms with Crippen molar-refractivity contribution in [2.45, 2.75) is 12.8 Å². The molecule has 5 nitrogen and oxygen atoms in total. The van der Waals surface area contributed by atoms with Crippen LogP contribution < -0.4 is 10.1 Å². The van der Waals surface area contributed by atoms with Gasteiger partial charge in [-0.25, -0.2) is 4.39 Å². The number of carbonyl (C=O) groups is 2. The Labute approximate surface area is 104 Å². The van der Waals surface area contributed by atoms with Gasteiger partial charge in [-0.2, -0.15) is 0 Å². The van der Waals surface area contributed by atoms with Gasteiger partial charge in [0.25, 0.3) is 0 Å². The number of rotatable bonds is 7. The molecule has 2 N–H and O–H groups in total. The molecule has 6 heteroatoms.